The SMILES string of the molecule is CC(C)CCN1C[C@@H](C(F)(F)F)[C@H](C(=O)O)C1. The van der Waals surface area contributed by atoms with Gasteiger partial charge in [-0.15, -0.1) is 0 Å². The Bertz CT molecular complexity index is 278. The van der Waals surface area contributed by atoms with Crippen LogP contribution < -0.4 is 0 Å². The van der Waals surface area contributed by atoms with Crippen LogP contribution in [-0.2, 0) is 4.79 Å². The van der Waals surface area contributed by atoms with Crippen LogP contribution >= 0.6 is 0 Å². The molecule has 0 aromatic heterocycles. The molecular weight excluding hydrogens is 235 g/mol. The van der Waals surface area contributed by atoms with Crippen LogP contribution in [0.5, 0.6) is 0 Å². The molecule has 0 bridgehead atoms. The van der Waals surface area contributed by atoms with Gasteiger partial charge in [0.15, 0.2) is 0 Å². The average Bonchev–Trinajstić information content (AvgIpc) is 2.57. The van der Waals surface area contributed by atoms with E-state index in [0.29, 0.717) is 12.5 Å². The Balaban J connectivity index is 2.63. The first-order chi connectivity index (χ1) is 7.71. The Hall–Kier alpha value is -0.780. The lowest BCUT2D eigenvalue weighted by molar-refractivity contribution is -0.188. The molecule has 1 saturated heterocycles. The van der Waals surface area contributed by atoms with E-state index in [-0.39, 0.29) is 13.1 Å². The zero-order valence-electron chi connectivity index (χ0n) is 10.00. The fraction of sp³-hybridized carbons (Fsp3) is 0.909. The summed E-state index contributed by atoms with van der Waals surface area (Å²) in [6.45, 7) is 4.34. The van der Waals surface area contributed by atoms with Gasteiger partial charge in [-0.1, -0.05) is 13.8 Å². The molecule has 1 aliphatic heterocycles. The first-order valence-electron chi connectivity index (χ1n) is 5.73. The summed E-state index contributed by atoms with van der Waals surface area (Å²) < 4.78 is 38.0. The van der Waals surface area contributed by atoms with Gasteiger partial charge < -0.3 is 10.0 Å². The number of halogens is 3. The second-order valence-electron chi connectivity index (χ2n) is 5.03. The van der Waals surface area contributed by atoms with Gasteiger partial charge in [-0.25, -0.2) is 0 Å². The van der Waals surface area contributed by atoms with E-state index < -0.39 is 24.0 Å². The Labute approximate surface area is 98.6 Å². The first kappa shape index (κ1) is 14.3. The maximum absolute atomic E-state index is 12.7. The molecule has 2 atom stereocenters. The van der Waals surface area contributed by atoms with Crippen molar-refractivity contribution in [2.45, 2.75) is 26.4 Å². The molecule has 0 aromatic carbocycles. The second kappa shape index (κ2) is 5.25. The van der Waals surface area contributed by atoms with Crippen LogP contribution in [0.25, 0.3) is 0 Å². The zero-order valence-corrected chi connectivity index (χ0v) is 10.00. The average molecular weight is 253 g/mol. The van der Waals surface area contributed by atoms with Crippen LogP contribution in [0.2, 0.25) is 0 Å². The van der Waals surface area contributed by atoms with Crippen LogP contribution in [0.1, 0.15) is 20.3 Å². The largest absolute Gasteiger partial charge is 0.481 e. The van der Waals surface area contributed by atoms with Crippen LogP contribution in [0.15, 0.2) is 0 Å². The maximum Gasteiger partial charge on any atom is 0.393 e. The van der Waals surface area contributed by atoms with Gasteiger partial charge >= 0.3 is 12.1 Å². The summed E-state index contributed by atoms with van der Waals surface area (Å²) in [6, 6.07) is 0. The highest BCUT2D eigenvalue weighted by Crippen LogP contribution is 2.37. The number of likely N-dealkylation sites (tertiary alicyclic amines) is 1. The Morgan fingerprint density at radius 1 is 1.41 bits per heavy atom. The minimum absolute atomic E-state index is 0.00618. The molecule has 1 heterocycles. The van der Waals surface area contributed by atoms with E-state index in [2.05, 4.69) is 0 Å². The zero-order chi connectivity index (χ0) is 13.2. The van der Waals surface area contributed by atoms with Crippen molar-refractivity contribution in [2.24, 2.45) is 17.8 Å². The van der Waals surface area contributed by atoms with E-state index in [9.17, 15) is 18.0 Å². The second-order valence-corrected chi connectivity index (χ2v) is 5.03. The molecule has 0 saturated carbocycles. The standard InChI is InChI=1S/C11H18F3NO2/c1-7(2)3-4-15-5-8(10(16)17)9(6-15)11(12,13)14/h7-9H,3-6H2,1-2H3,(H,16,17)/t8-,9-/m1/s1. The van der Waals surface area contributed by atoms with Crippen LogP contribution in [0.4, 0.5) is 13.2 Å². The van der Waals surface area contributed by atoms with Crippen LogP contribution in [-0.4, -0.2) is 41.8 Å². The summed E-state index contributed by atoms with van der Waals surface area (Å²) in [5.74, 6) is -3.99. The number of hydrogen-bond acceptors (Lipinski definition) is 2. The Morgan fingerprint density at radius 3 is 2.35 bits per heavy atom. The van der Waals surface area contributed by atoms with Crippen molar-refractivity contribution in [1.82, 2.24) is 4.90 Å². The van der Waals surface area contributed by atoms with Gasteiger partial charge in [0.05, 0.1) is 11.8 Å². The molecule has 0 spiro atoms. The number of carbonyl (C=O) groups is 1. The molecule has 0 unspecified atom stereocenters. The smallest absolute Gasteiger partial charge is 0.393 e. The normalized spacial score (nSPS) is 26.7. The van der Waals surface area contributed by atoms with Gasteiger partial charge in [-0.2, -0.15) is 13.2 Å². The predicted octanol–water partition coefficient (Wildman–Crippen LogP) is 2.23. The van der Waals surface area contributed by atoms with Gasteiger partial charge in [0, 0.05) is 13.1 Å². The third-order valence-corrected chi connectivity index (χ3v) is 3.16. The highest BCUT2D eigenvalue weighted by molar-refractivity contribution is 5.71. The minimum Gasteiger partial charge on any atom is -0.481 e. The molecule has 0 radical (unpaired) electrons. The Kier molecular flexibility index (Phi) is 4.41. The molecule has 17 heavy (non-hydrogen) atoms. The summed E-state index contributed by atoms with van der Waals surface area (Å²) in [6.07, 6.45) is -3.63. The van der Waals surface area contributed by atoms with E-state index in [4.69, 9.17) is 5.11 Å². The van der Waals surface area contributed by atoms with E-state index in [1.54, 1.807) is 4.90 Å². The summed E-state index contributed by atoms with van der Waals surface area (Å²) in [5, 5.41) is 8.82. The molecule has 1 rings (SSSR count). The number of carboxylic acids is 1. The number of alkyl halides is 3. The van der Waals surface area contributed by atoms with Gasteiger partial charge in [0.1, 0.15) is 0 Å². The quantitative estimate of drug-likeness (QED) is 0.835. The lowest BCUT2D eigenvalue weighted by Gasteiger charge is -2.18. The first-order valence-corrected chi connectivity index (χ1v) is 5.73. The highest BCUT2D eigenvalue weighted by Gasteiger charge is 2.52. The van der Waals surface area contributed by atoms with Gasteiger partial charge in [-0.05, 0) is 18.9 Å². The number of rotatable bonds is 4. The van der Waals surface area contributed by atoms with E-state index in [1.807, 2.05) is 13.8 Å². The summed E-state index contributed by atoms with van der Waals surface area (Å²) in [5.41, 5.74) is 0. The van der Waals surface area contributed by atoms with E-state index in [0.717, 1.165) is 6.42 Å². The Morgan fingerprint density at radius 2 is 2.00 bits per heavy atom. The van der Waals surface area contributed by atoms with Crippen molar-refractivity contribution < 1.29 is 23.1 Å². The fourth-order valence-corrected chi connectivity index (χ4v) is 2.09. The van der Waals surface area contributed by atoms with Crippen molar-refractivity contribution >= 4 is 5.97 Å². The van der Waals surface area contributed by atoms with Gasteiger partial charge in [0.25, 0.3) is 0 Å². The summed E-state index contributed by atoms with van der Waals surface area (Å²) in [7, 11) is 0. The van der Waals surface area contributed by atoms with Crippen LogP contribution in [0.3, 0.4) is 0 Å². The number of nitrogens with zero attached hydrogens (tertiary/aromatic N) is 1. The fourth-order valence-electron chi connectivity index (χ4n) is 2.09. The van der Waals surface area contributed by atoms with Crippen molar-refractivity contribution in [1.29, 1.82) is 0 Å². The summed E-state index contributed by atoms with van der Waals surface area (Å²) in [4.78, 5) is 12.4. The third-order valence-electron chi connectivity index (χ3n) is 3.16. The lowest BCUT2D eigenvalue weighted by atomic mass is 9.96. The van der Waals surface area contributed by atoms with E-state index >= 15 is 0 Å². The highest BCUT2D eigenvalue weighted by atomic mass is 19.4. The molecule has 0 aromatic rings. The van der Waals surface area contributed by atoms with Gasteiger partial charge in [-0.3, -0.25) is 4.79 Å². The van der Waals surface area contributed by atoms with Crippen molar-refractivity contribution in [3.63, 3.8) is 0 Å². The number of carboxylic acid groups (broad SMARTS) is 1. The molecule has 1 fully saturated rings. The molecular formula is C11H18F3NO2. The maximum atomic E-state index is 12.7. The van der Waals surface area contributed by atoms with Crippen molar-refractivity contribution in [3.05, 3.63) is 0 Å². The molecule has 0 amide bonds. The number of aliphatic carboxylic acids is 1. The molecule has 1 N–H and O–H groups in total. The third kappa shape index (κ3) is 3.87. The molecule has 3 nitrogen and oxygen atoms in total. The lowest BCUT2D eigenvalue weighted by Crippen LogP contribution is -2.33. The minimum atomic E-state index is -4.42. The summed E-state index contributed by atoms with van der Waals surface area (Å²) >= 11 is 0. The van der Waals surface area contributed by atoms with E-state index in [1.165, 1.54) is 0 Å². The molecule has 1 aliphatic rings. The topological polar surface area (TPSA) is 40.5 Å². The monoisotopic (exact) mass is 253 g/mol. The van der Waals surface area contributed by atoms with Crippen molar-refractivity contribution in [2.75, 3.05) is 19.6 Å². The number of hydrogen-bond donors (Lipinski definition) is 1. The van der Waals surface area contributed by atoms with Crippen LogP contribution in [0, 0.1) is 17.8 Å². The van der Waals surface area contributed by atoms with Gasteiger partial charge in [0.2, 0.25) is 0 Å². The molecule has 0 aliphatic carbocycles. The van der Waals surface area contributed by atoms with Crippen molar-refractivity contribution in [3.8, 4) is 0 Å². The molecule has 100 valence electrons. The predicted molar refractivity (Wildman–Crippen MR) is 56.6 cm³/mol. The molecule has 6 heteroatoms.